The zero-order chi connectivity index (χ0) is 19.7. The molecule has 0 saturated carbocycles. The van der Waals surface area contributed by atoms with E-state index in [1.165, 1.54) is 6.07 Å². The number of hydrogen-bond donors (Lipinski definition) is 0. The van der Waals surface area contributed by atoms with Gasteiger partial charge in [-0.2, -0.15) is 0 Å². The van der Waals surface area contributed by atoms with Gasteiger partial charge in [0.1, 0.15) is 5.75 Å². The third-order valence-electron chi connectivity index (χ3n) is 6.11. The molecule has 0 aliphatic carbocycles. The third-order valence-corrected chi connectivity index (χ3v) is 6.11. The van der Waals surface area contributed by atoms with Gasteiger partial charge in [-0.05, 0) is 43.7 Å². The SMILES string of the molecule is CN1c2c(ccc3cccnc23)C(C)(C)[C@@]12C=Cc1cc([N+](=O)[O-])ccc1O2. The molecule has 0 saturated heterocycles. The third kappa shape index (κ3) is 1.94. The largest absolute Gasteiger partial charge is 0.463 e. The smallest absolute Gasteiger partial charge is 0.270 e. The first-order chi connectivity index (χ1) is 13.3. The number of aromatic nitrogens is 1. The number of rotatable bonds is 1. The van der Waals surface area contributed by atoms with Crippen LogP contribution < -0.4 is 9.64 Å². The molecule has 2 aliphatic rings. The van der Waals surface area contributed by atoms with E-state index in [-0.39, 0.29) is 11.1 Å². The molecule has 1 aromatic heterocycles. The Labute approximate surface area is 162 Å². The van der Waals surface area contributed by atoms with E-state index in [1.54, 1.807) is 18.3 Å². The molecule has 1 atom stereocenters. The second-order valence-corrected chi connectivity index (χ2v) is 7.83. The van der Waals surface area contributed by atoms with Crippen molar-refractivity contribution in [3.63, 3.8) is 0 Å². The highest BCUT2D eigenvalue weighted by molar-refractivity contribution is 5.95. The lowest BCUT2D eigenvalue weighted by atomic mass is 9.76. The molecular formula is C22H19N3O3. The number of ether oxygens (including phenoxy) is 1. The number of benzene rings is 2. The van der Waals surface area contributed by atoms with Crippen molar-refractivity contribution < 1.29 is 9.66 Å². The van der Waals surface area contributed by atoms with Crippen LogP contribution in [0.25, 0.3) is 17.0 Å². The van der Waals surface area contributed by atoms with Crippen LogP contribution in [0, 0.1) is 10.1 Å². The van der Waals surface area contributed by atoms with Crippen LogP contribution in [0.4, 0.5) is 11.4 Å². The zero-order valence-electron chi connectivity index (χ0n) is 15.8. The summed E-state index contributed by atoms with van der Waals surface area (Å²) in [6, 6.07) is 12.9. The second kappa shape index (κ2) is 5.32. The number of nitro benzene ring substituents is 1. The Hall–Kier alpha value is -3.41. The van der Waals surface area contributed by atoms with Crippen molar-refractivity contribution >= 4 is 28.4 Å². The van der Waals surface area contributed by atoms with Crippen molar-refractivity contribution in [1.29, 1.82) is 0 Å². The van der Waals surface area contributed by atoms with Gasteiger partial charge in [-0.3, -0.25) is 15.1 Å². The minimum absolute atomic E-state index is 0.0560. The predicted octanol–water partition coefficient (Wildman–Crippen LogP) is 4.67. The van der Waals surface area contributed by atoms with Crippen LogP contribution in [0.1, 0.15) is 25.0 Å². The maximum atomic E-state index is 11.1. The molecule has 0 radical (unpaired) electrons. The molecule has 140 valence electrons. The average molecular weight is 373 g/mol. The number of nitro groups is 1. The molecule has 0 fully saturated rings. The van der Waals surface area contributed by atoms with E-state index in [2.05, 4.69) is 41.9 Å². The monoisotopic (exact) mass is 373 g/mol. The number of non-ortho nitro benzene ring substituents is 1. The molecule has 2 aliphatic heterocycles. The maximum Gasteiger partial charge on any atom is 0.270 e. The predicted molar refractivity (Wildman–Crippen MR) is 109 cm³/mol. The van der Waals surface area contributed by atoms with E-state index < -0.39 is 10.6 Å². The first kappa shape index (κ1) is 16.7. The molecule has 1 spiro atoms. The van der Waals surface area contributed by atoms with Crippen LogP contribution in [-0.4, -0.2) is 22.7 Å². The van der Waals surface area contributed by atoms with Crippen LogP contribution >= 0.6 is 0 Å². The van der Waals surface area contributed by atoms with E-state index in [1.807, 2.05) is 25.3 Å². The summed E-state index contributed by atoms with van der Waals surface area (Å²) in [5.74, 6) is 0.637. The highest BCUT2D eigenvalue weighted by Gasteiger charge is 2.58. The number of nitrogens with zero attached hydrogens (tertiary/aromatic N) is 3. The van der Waals surface area contributed by atoms with Crippen LogP contribution in [0.2, 0.25) is 0 Å². The molecule has 28 heavy (non-hydrogen) atoms. The Morgan fingerprint density at radius 3 is 2.79 bits per heavy atom. The normalized spacial score (nSPS) is 21.5. The van der Waals surface area contributed by atoms with Gasteiger partial charge >= 0.3 is 0 Å². The van der Waals surface area contributed by atoms with E-state index in [0.29, 0.717) is 11.3 Å². The quantitative estimate of drug-likeness (QED) is 0.458. The molecule has 6 nitrogen and oxygen atoms in total. The van der Waals surface area contributed by atoms with Crippen LogP contribution in [0.15, 0.2) is 54.7 Å². The number of pyridine rings is 1. The summed E-state index contributed by atoms with van der Waals surface area (Å²) in [5.41, 5.74) is 2.82. The van der Waals surface area contributed by atoms with Gasteiger partial charge in [-0.25, -0.2) is 0 Å². The van der Waals surface area contributed by atoms with Gasteiger partial charge in [-0.15, -0.1) is 0 Å². The van der Waals surface area contributed by atoms with Crippen molar-refractivity contribution in [3.05, 3.63) is 76.0 Å². The van der Waals surface area contributed by atoms with Gasteiger partial charge in [0.25, 0.3) is 5.69 Å². The van der Waals surface area contributed by atoms with Gasteiger partial charge < -0.3 is 9.64 Å². The zero-order valence-corrected chi connectivity index (χ0v) is 15.8. The Bertz CT molecular complexity index is 1180. The Kier molecular flexibility index (Phi) is 3.18. The van der Waals surface area contributed by atoms with Gasteiger partial charge in [0, 0.05) is 36.3 Å². The summed E-state index contributed by atoms with van der Waals surface area (Å²) in [4.78, 5) is 17.5. The molecule has 3 heterocycles. The molecular weight excluding hydrogens is 354 g/mol. The van der Waals surface area contributed by atoms with E-state index >= 15 is 0 Å². The highest BCUT2D eigenvalue weighted by atomic mass is 16.6. The minimum Gasteiger partial charge on any atom is -0.463 e. The van der Waals surface area contributed by atoms with Crippen molar-refractivity contribution in [3.8, 4) is 5.75 Å². The lowest BCUT2D eigenvalue weighted by molar-refractivity contribution is -0.384. The van der Waals surface area contributed by atoms with Gasteiger partial charge in [0.15, 0.2) is 0 Å². The van der Waals surface area contributed by atoms with Crippen LogP contribution in [0.3, 0.4) is 0 Å². The summed E-state index contributed by atoms with van der Waals surface area (Å²) in [5, 5.41) is 12.2. The number of likely N-dealkylation sites (N-methyl/N-ethyl adjacent to an activating group) is 1. The fourth-order valence-electron chi connectivity index (χ4n) is 4.55. The van der Waals surface area contributed by atoms with Crippen LogP contribution in [0.5, 0.6) is 5.75 Å². The fourth-order valence-corrected chi connectivity index (χ4v) is 4.55. The Balaban J connectivity index is 1.70. The van der Waals surface area contributed by atoms with Crippen molar-refractivity contribution in [2.45, 2.75) is 25.0 Å². The standard InChI is InChI=1S/C22H19N3O3/c1-21(2)17-8-6-14-5-4-12-23-19(14)20(17)24(3)22(21)11-10-15-13-16(25(26)27)7-9-18(15)28-22/h4-13H,1-3H3/t22-/m0/s1. The first-order valence-electron chi connectivity index (χ1n) is 9.14. The number of fused-ring (bicyclic) bond motifs is 4. The van der Waals surface area contributed by atoms with Crippen molar-refractivity contribution in [2.24, 2.45) is 0 Å². The lowest BCUT2D eigenvalue weighted by Gasteiger charge is -2.45. The molecule has 5 rings (SSSR count). The van der Waals surface area contributed by atoms with Gasteiger partial charge in [0.05, 0.1) is 21.5 Å². The lowest BCUT2D eigenvalue weighted by Crippen LogP contribution is -2.58. The molecule has 0 unspecified atom stereocenters. The Morgan fingerprint density at radius 2 is 2.00 bits per heavy atom. The molecule has 2 aromatic carbocycles. The summed E-state index contributed by atoms with van der Waals surface area (Å²) >= 11 is 0. The molecule has 0 amide bonds. The average Bonchev–Trinajstić information content (AvgIpc) is 2.86. The highest BCUT2D eigenvalue weighted by Crippen LogP contribution is 2.55. The van der Waals surface area contributed by atoms with Gasteiger partial charge in [-0.1, -0.05) is 18.2 Å². The topological polar surface area (TPSA) is 68.5 Å². The summed E-state index contributed by atoms with van der Waals surface area (Å²) in [6.45, 7) is 4.32. The van der Waals surface area contributed by atoms with Crippen molar-refractivity contribution in [2.75, 3.05) is 11.9 Å². The summed E-state index contributed by atoms with van der Waals surface area (Å²) in [6.07, 6.45) is 5.74. The van der Waals surface area contributed by atoms with Gasteiger partial charge in [0.2, 0.25) is 5.72 Å². The molecule has 6 heteroatoms. The first-order valence-corrected chi connectivity index (χ1v) is 9.14. The minimum atomic E-state index is -0.746. The molecule has 3 aromatic rings. The fraction of sp³-hybridized carbons (Fsp3) is 0.227. The Morgan fingerprint density at radius 1 is 1.18 bits per heavy atom. The number of anilines is 1. The second-order valence-electron chi connectivity index (χ2n) is 7.83. The summed E-state index contributed by atoms with van der Waals surface area (Å²) in [7, 11) is 2.02. The van der Waals surface area contributed by atoms with E-state index in [9.17, 15) is 10.1 Å². The van der Waals surface area contributed by atoms with E-state index in [0.717, 1.165) is 22.2 Å². The molecule has 0 bridgehead atoms. The number of hydrogen-bond acceptors (Lipinski definition) is 5. The maximum absolute atomic E-state index is 11.1. The van der Waals surface area contributed by atoms with E-state index in [4.69, 9.17) is 4.74 Å². The van der Waals surface area contributed by atoms with Crippen LogP contribution in [-0.2, 0) is 5.41 Å². The molecule has 0 N–H and O–H groups in total. The summed E-state index contributed by atoms with van der Waals surface area (Å²) < 4.78 is 6.56. The van der Waals surface area contributed by atoms with Crippen molar-refractivity contribution in [1.82, 2.24) is 4.98 Å².